The Morgan fingerprint density at radius 2 is 1.94 bits per heavy atom. The molecule has 0 bridgehead atoms. The molecular formula is C24H19N5O5S. The Hall–Kier alpha value is -4.51. The molecule has 0 fully saturated rings. The molecular weight excluding hydrogens is 470 g/mol. The number of thioether (sulfide) groups is 1. The molecule has 1 aromatic heterocycles. The fourth-order valence-electron chi connectivity index (χ4n) is 3.23. The predicted octanol–water partition coefficient (Wildman–Crippen LogP) is 3.54. The van der Waals surface area contributed by atoms with E-state index in [0.717, 1.165) is 11.8 Å². The Labute approximate surface area is 203 Å². The van der Waals surface area contributed by atoms with E-state index in [2.05, 4.69) is 15.5 Å². The normalized spacial score (nSPS) is 11.0. The Bertz CT molecular complexity index is 1480. The number of nitrogens with zero attached hydrogens (tertiary/aromatic N) is 4. The molecule has 0 atom stereocenters. The van der Waals surface area contributed by atoms with Crippen molar-refractivity contribution in [3.05, 3.63) is 98.8 Å². The summed E-state index contributed by atoms with van der Waals surface area (Å²) in [5.74, 6) is 0.152. The van der Waals surface area contributed by atoms with Gasteiger partial charge in [0.2, 0.25) is 0 Å². The monoisotopic (exact) mass is 489 g/mol. The number of para-hydroxylation sites is 1. The SMILES string of the molecule is COc1ccc(-n2c(SCC(=O)N/N=C/c3cccc([N+](=O)[O-])c3)nc3ccccc3c2=O)cc1. The van der Waals surface area contributed by atoms with Crippen LogP contribution in [-0.2, 0) is 4.79 Å². The van der Waals surface area contributed by atoms with Crippen molar-refractivity contribution in [2.75, 3.05) is 12.9 Å². The van der Waals surface area contributed by atoms with Gasteiger partial charge in [-0.15, -0.1) is 0 Å². The zero-order valence-corrected chi connectivity index (χ0v) is 19.3. The van der Waals surface area contributed by atoms with Gasteiger partial charge in [-0.25, -0.2) is 10.4 Å². The molecule has 0 aliphatic carbocycles. The summed E-state index contributed by atoms with van der Waals surface area (Å²) < 4.78 is 6.65. The fourth-order valence-corrected chi connectivity index (χ4v) is 4.03. The Kier molecular flexibility index (Phi) is 7.17. The maximum atomic E-state index is 13.3. The number of fused-ring (bicyclic) bond motifs is 1. The van der Waals surface area contributed by atoms with Gasteiger partial charge >= 0.3 is 0 Å². The van der Waals surface area contributed by atoms with Crippen molar-refractivity contribution in [2.45, 2.75) is 5.16 Å². The second kappa shape index (κ2) is 10.6. The van der Waals surface area contributed by atoms with Crippen molar-refractivity contribution in [1.29, 1.82) is 0 Å². The third-order valence-corrected chi connectivity index (χ3v) is 5.83. The summed E-state index contributed by atoms with van der Waals surface area (Å²) in [6.45, 7) is 0. The van der Waals surface area contributed by atoms with E-state index >= 15 is 0 Å². The van der Waals surface area contributed by atoms with Crippen LogP contribution in [0.15, 0.2) is 87.8 Å². The largest absolute Gasteiger partial charge is 0.497 e. The van der Waals surface area contributed by atoms with E-state index in [4.69, 9.17) is 4.74 Å². The lowest BCUT2D eigenvalue weighted by Crippen LogP contribution is -2.24. The standard InChI is InChI=1S/C24H19N5O5S/c1-34-19-11-9-17(10-12-19)28-23(31)20-7-2-3-8-21(20)26-24(28)35-15-22(30)27-25-14-16-5-4-6-18(13-16)29(32)33/h2-14H,15H2,1H3,(H,27,30)/b25-14+. The Morgan fingerprint density at radius 3 is 2.69 bits per heavy atom. The summed E-state index contributed by atoms with van der Waals surface area (Å²) in [5.41, 5.74) is 3.63. The second-order valence-corrected chi connectivity index (χ2v) is 8.13. The van der Waals surface area contributed by atoms with Crippen molar-refractivity contribution < 1.29 is 14.5 Å². The number of nitrogens with one attached hydrogen (secondary N) is 1. The van der Waals surface area contributed by atoms with Crippen molar-refractivity contribution in [3.63, 3.8) is 0 Å². The van der Waals surface area contributed by atoms with Gasteiger partial charge in [-0.3, -0.25) is 24.3 Å². The number of amides is 1. The van der Waals surface area contributed by atoms with Gasteiger partial charge in [-0.1, -0.05) is 36.0 Å². The number of hydrogen-bond acceptors (Lipinski definition) is 8. The summed E-state index contributed by atoms with van der Waals surface area (Å²) in [5, 5.41) is 15.5. The van der Waals surface area contributed by atoms with Crippen molar-refractivity contribution in [2.24, 2.45) is 5.10 Å². The number of carbonyl (C=O) groups excluding carboxylic acids is 1. The summed E-state index contributed by atoms with van der Waals surface area (Å²) in [7, 11) is 1.56. The molecule has 11 heteroatoms. The maximum absolute atomic E-state index is 13.3. The maximum Gasteiger partial charge on any atom is 0.270 e. The van der Waals surface area contributed by atoms with E-state index in [-0.39, 0.29) is 17.0 Å². The predicted molar refractivity (Wildman–Crippen MR) is 133 cm³/mol. The van der Waals surface area contributed by atoms with Crippen molar-refractivity contribution in [1.82, 2.24) is 15.0 Å². The minimum Gasteiger partial charge on any atom is -0.497 e. The molecule has 4 rings (SSSR count). The second-order valence-electron chi connectivity index (χ2n) is 7.18. The van der Waals surface area contributed by atoms with E-state index < -0.39 is 10.8 Å². The molecule has 0 saturated carbocycles. The van der Waals surface area contributed by atoms with Gasteiger partial charge in [0.25, 0.3) is 17.2 Å². The summed E-state index contributed by atoms with van der Waals surface area (Å²) in [4.78, 5) is 40.6. The van der Waals surface area contributed by atoms with Crippen LogP contribution in [0.25, 0.3) is 16.6 Å². The average Bonchev–Trinajstić information content (AvgIpc) is 2.88. The molecule has 0 aliphatic heterocycles. The molecule has 0 aliphatic rings. The van der Waals surface area contributed by atoms with E-state index in [1.807, 2.05) is 0 Å². The van der Waals surface area contributed by atoms with Crippen LogP contribution in [0.2, 0.25) is 0 Å². The zero-order valence-electron chi connectivity index (χ0n) is 18.5. The van der Waals surface area contributed by atoms with E-state index in [9.17, 15) is 19.7 Å². The first-order valence-corrected chi connectivity index (χ1v) is 11.3. The molecule has 0 spiro atoms. The molecule has 0 radical (unpaired) electrons. The molecule has 10 nitrogen and oxygen atoms in total. The van der Waals surface area contributed by atoms with Crippen molar-refractivity contribution in [3.8, 4) is 11.4 Å². The highest BCUT2D eigenvalue weighted by Gasteiger charge is 2.15. The number of nitro groups is 1. The highest BCUT2D eigenvalue weighted by atomic mass is 32.2. The number of non-ortho nitro benzene ring substituents is 1. The van der Waals surface area contributed by atoms with Gasteiger partial charge in [0.05, 0.1) is 40.6 Å². The third-order valence-electron chi connectivity index (χ3n) is 4.89. The Morgan fingerprint density at radius 1 is 1.17 bits per heavy atom. The van der Waals surface area contributed by atoms with Gasteiger partial charge in [0.15, 0.2) is 5.16 Å². The molecule has 0 unspecified atom stereocenters. The molecule has 1 N–H and O–H groups in total. The van der Waals surface area contributed by atoms with Crippen LogP contribution in [0, 0.1) is 10.1 Å². The van der Waals surface area contributed by atoms with Crippen molar-refractivity contribution >= 4 is 40.5 Å². The molecule has 35 heavy (non-hydrogen) atoms. The van der Waals surface area contributed by atoms with Gasteiger partial charge in [-0.05, 0) is 36.4 Å². The molecule has 4 aromatic rings. The zero-order chi connectivity index (χ0) is 24.8. The minimum absolute atomic E-state index is 0.0623. The van der Waals surface area contributed by atoms with Crippen LogP contribution in [0.3, 0.4) is 0 Å². The number of hydrogen-bond donors (Lipinski definition) is 1. The fraction of sp³-hybridized carbons (Fsp3) is 0.0833. The van der Waals surface area contributed by atoms with Crippen LogP contribution >= 0.6 is 11.8 Å². The number of carbonyl (C=O) groups is 1. The highest BCUT2D eigenvalue weighted by molar-refractivity contribution is 7.99. The number of aromatic nitrogens is 2. The smallest absolute Gasteiger partial charge is 0.270 e. The number of benzene rings is 3. The molecule has 1 heterocycles. The first kappa shape index (κ1) is 23.6. The summed E-state index contributed by atoms with van der Waals surface area (Å²) in [6.07, 6.45) is 1.32. The summed E-state index contributed by atoms with van der Waals surface area (Å²) in [6, 6.07) is 19.8. The summed E-state index contributed by atoms with van der Waals surface area (Å²) >= 11 is 1.09. The van der Waals surface area contributed by atoms with Crippen LogP contribution in [0.5, 0.6) is 5.75 Å². The van der Waals surface area contributed by atoms with E-state index in [0.29, 0.717) is 33.1 Å². The van der Waals surface area contributed by atoms with E-state index in [1.54, 1.807) is 61.7 Å². The number of rotatable bonds is 8. The lowest BCUT2D eigenvalue weighted by atomic mass is 10.2. The van der Waals surface area contributed by atoms with Crippen LogP contribution < -0.4 is 15.7 Å². The van der Waals surface area contributed by atoms with Crippen LogP contribution in [0.4, 0.5) is 5.69 Å². The number of ether oxygens (including phenoxy) is 1. The van der Waals surface area contributed by atoms with Crippen LogP contribution in [-0.4, -0.2) is 39.5 Å². The first-order chi connectivity index (χ1) is 17.0. The van der Waals surface area contributed by atoms with Gasteiger partial charge in [0.1, 0.15) is 5.75 Å². The third kappa shape index (κ3) is 5.53. The number of methoxy groups -OCH3 is 1. The van der Waals surface area contributed by atoms with Gasteiger partial charge in [-0.2, -0.15) is 5.10 Å². The van der Waals surface area contributed by atoms with Gasteiger partial charge in [0, 0.05) is 17.7 Å². The topological polar surface area (TPSA) is 129 Å². The number of hydrazone groups is 1. The minimum atomic E-state index is -0.508. The molecule has 3 aromatic carbocycles. The lowest BCUT2D eigenvalue weighted by molar-refractivity contribution is -0.384. The average molecular weight is 490 g/mol. The highest BCUT2D eigenvalue weighted by Crippen LogP contribution is 2.22. The molecule has 1 amide bonds. The number of nitro benzene ring substituents is 1. The quantitative estimate of drug-likeness (QED) is 0.132. The first-order valence-electron chi connectivity index (χ1n) is 10.3. The Balaban J connectivity index is 1.54. The van der Waals surface area contributed by atoms with Gasteiger partial charge < -0.3 is 4.74 Å². The lowest BCUT2D eigenvalue weighted by Gasteiger charge is -2.13. The molecule has 176 valence electrons. The van der Waals surface area contributed by atoms with E-state index in [1.165, 1.54) is 29.0 Å². The molecule has 0 saturated heterocycles. The van der Waals surface area contributed by atoms with Crippen LogP contribution in [0.1, 0.15) is 5.56 Å².